The van der Waals surface area contributed by atoms with Gasteiger partial charge >= 0.3 is 0 Å². The molecule has 1 aromatic carbocycles. The Hall–Kier alpha value is -1.36. The van der Waals surface area contributed by atoms with Crippen LogP contribution in [0.15, 0.2) is 28.2 Å². The van der Waals surface area contributed by atoms with Gasteiger partial charge in [-0.05, 0) is 53.9 Å². The number of hydrogen-bond acceptors (Lipinski definition) is 4. The monoisotopic (exact) mass is 290 g/mol. The van der Waals surface area contributed by atoms with Crippen molar-refractivity contribution >= 4 is 11.9 Å². The van der Waals surface area contributed by atoms with Crippen molar-refractivity contribution in [2.45, 2.75) is 24.2 Å². The molecule has 1 saturated heterocycles. The summed E-state index contributed by atoms with van der Waals surface area (Å²) in [6.07, 6.45) is 3.24. The summed E-state index contributed by atoms with van der Waals surface area (Å²) in [5, 5.41) is 3.68. The summed E-state index contributed by atoms with van der Waals surface area (Å²) >= 11 is 1.81. The minimum atomic E-state index is 0.547. The van der Waals surface area contributed by atoms with Crippen LogP contribution in [-0.2, 0) is 6.42 Å². The average molecular weight is 290 g/mol. The molecule has 0 bridgehead atoms. The minimum Gasteiger partial charge on any atom is -0.493 e. The molecule has 0 aliphatic carbocycles. The summed E-state index contributed by atoms with van der Waals surface area (Å²) in [6.45, 7) is 3.55. The summed E-state index contributed by atoms with van der Waals surface area (Å²) in [5.41, 5.74) is 9.67. The zero-order valence-electron chi connectivity index (χ0n) is 11.4. The van der Waals surface area contributed by atoms with Crippen LogP contribution in [0.2, 0.25) is 0 Å². The first-order valence-corrected chi connectivity index (χ1v) is 7.82. The Bertz CT molecular complexity index is 522. The molecule has 2 aliphatic rings. The van der Waals surface area contributed by atoms with Crippen LogP contribution >= 0.6 is 11.9 Å². The predicted octanol–water partition coefficient (Wildman–Crippen LogP) is 3.65. The van der Waals surface area contributed by atoms with Gasteiger partial charge in [-0.1, -0.05) is 11.2 Å². The highest BCUT2D eigenvalue weighted by molar-refractivity contribution is 7.97. The molecule has 5 nitrogen and oxygen atoms in total. The maximum atomic E-state index is 8.35. The molecule has 0 N–H and O–H groups in total. The van der Waals surface area contributed by atoms with Crippen molar-refractivity contribution in [3.63, 3.8) is 0 Å². The predicted molar refractivity (Wildman–Crippen MR) is 79.8 cm³/mol. The number of piperidine rings is 1. The second-order valence-electron chi connectivity index (χ2n) is 5.25. The lowest BCUT2D eigenvalue weighted by molar-refractivity contribution is 0.297. The van der Waals surface area contributed by atoms with E-state index in [9.17, 15) is 0 Å². The van der Waals surface area contributed by atoms with Crippen LogP contribution in [0, 0.1) is 5.92 Å². The molecule has 1 fully saturated rings. The first-order chi connectivity index (χ1) is 9.85. The van der Waals surface area contributed by atoms with Gasteiger partial charge in [0.15, 0.2) is 0 Å². The molecule has 1 aromatic rings. The Morgan fingerprint density at radius 1 is 1.40 bits per heavy atom. The van der Waals surface area contributed by atoms with Crippen molar-refractivity contribution in [3.05, 3.63) is 34.2 Å². The number of benzene rings is 1. The Balaban J connectivity index is 1.53. The highest BCUT2D eigenvalue weighted by Crippen LogP contribution is 2.33. The number of fused-ring (bicyclic) bond motifs is 1. The van der Waals surface area contributed by atoms with Crippen LogP contribution in [0.5, 0.6) is 5.75 Å². The molecule has 0 aromatic heterocycles. The van der Waals surface area contributed by atoms with Crippen molar-refractivity contribution in [3.8, 4) is 5.75 Å². The summed E-state index contributed by atoms with van der Waals surface area (Å²) in [7, 11) is 0. The fraction of sp³-hybridized carbons (Fsp3) is 0.571. The van der Waals surface area contributed by atoms with Gasteiger partial charge in [-0.25, -0.2) is 4.31 Å². The van der Waals surface area contributed by atoms with E-state index in [1.807, 2.05) is 0 Å². The third-order valence-electron chi connectivity index (χ3n) is 3.88. The number of nitrogens with zero attached hydrogens (tertiary/aromatic N) is 4. The van der Waals surface area contributed by atoms with E-state index in [1.54, 1.807) is 11.9 Å². The molecule has 0 atom stereocenters. The number of ether oxygens (including phenoxy) is 1. The summed E-state index contributed by atoms with van der Waals surface area (Å²) in [6, 6.07) is 6.52. The SMILES string of the molecule is [N-]=[N+]=NCC1CCN(Sc2ccc3c(c2)OCC3)CC1. The lowest BCUT2D eigenvalue weighted by atomic mass is 9.99. The second kappa shape index (κ2) is 6.39. The number of hydrogen-bond donors (Lipinski definition) is 0. The van der Waals surface area contributed by atoms with E-state index in [1.165, 1.54) is 10.5 Å². The zero-order chi connectivity index (χ0) is 13.8. The van der Waals surface area contributed by atoms with E-state index >= 15 is 0 Å². The van der Waals surface area contributed by atoms with Crippen LogP contribution in [0.4, 0.5) is 0 Å². The molecular formula is C14H18N4OS. The van der Waals surface area contributed by atoms with Gasteiger partial charge in [0.05, 0.1) is 6.61 Å². The first kappa shape index (κ1) is 13.6. The van der Waals surface area contributed by atoms with Crippen molar-refractivity contribution < 1.29 is 4.74 Å². The normalized spacial score (nSPS) is 19.2. The molecular weight excluding hydrogens is 272 g/mol. The van der Waals surface area contributed by atoms with Gasteiger partial charge in [0.25, 0.3) is 0 Å². The Kier molecular flexibility index (Phi) is 4.35. The summed E-state index contributed by atoms with van der Waals surface area (Å²) < 4.78 is 8.00. The molecule has 6 heteroatoms. The Morgan fingerprint density at radius 3 is 3.05 bits per heavy atom. The third kappa shape index (κ3) is 3.20. The molecule has 2 aliphatic heterocycles. The van der Waals surface area contributed by atoms with Crippen molar-refractivity contribution in [2.24, 2.45) is 11.0 Å². The summed E-state index contributed by atoms with van der Waals surface area (Å²) in [5.74, 6) is 1.60. The van der Waals surface area contributed by atoms with E-state index in [4.69, 9.17) is 10.3 Å². The van der Waals surface area contributed by atoms with Crippen LogP contribution in [0.25, 0.3) is 10.4 Å². The first-order valence-electron chi connectivity index (χ1n) is 7.04. The fourth-order valence-electron chi connectivity index (χ4n) is 2.69. The molecule has 0 spiro atoms. The second-order valence-corrected chi connectivity index (χ2v) is 6.42. The van der Waals surface area contributed by atoms with E-state index < -0.39 is 0 Å². The van der Waals surface area contributed by atoms with Crippen LogP contribution in [-0.4, -0.2) is 30.5 Å². The highest BCUT2D eigenvalue weighted by Gasteiger charge is 2.20. The average Bonchev–Trinajstić information content (AvgIpc) is 2.94. The molecule has 0 unspecified atom stereocenters. The van der Waals surface area contributed by atoms with Gasteiger partial charge in [0.1, 0.15) is 5.75 Å². The fourth-order valence-corrected chi connectivity index (χ4v) is 3.67. The van der Waals surface area contributed by atoms with Crippen LogP contribution in [0.1, 0.15) is 18.4 Å². The van der Waals surface area contributed by atoms with Gasteiger partial charge in [0, 0.05) is 35.9 Å². The maximum Gasteiger partial charge on any atom is 0.123 e. The summed E-state index contributed by atoms with van der Waals surface area (Å²) in [4.78, 5) is 4.09. The van der Waals surface area contributed by atoms with E-state index in [0.717, 1.165) is 44.7 Å². The Labute approximate surface area is 123 Å². The van der Waals surface area contributed by atoms with E-state index in [0.29, 0.717) is 12.5 Å². The lowest BCUT2D eigenvalue weighted by Crippen LogP contribution is -2.29. The molecule has 3 rings (SSSR count). The molecule has 106 valence electrons. The number of rotatable bonds is 4. The van der Waals surface area contributed by atoms with Gasteiger partial charge in [0.2, 0.25) is 0 Å². The van der Waals surface area contributed by atoms with Gasteiger partial charge in [-0.15, -0.1) is 0 Å². The molecule has 0 radical (unpaired) electrons. The molecule has 20 heavy (non-hydrogen) atoms. The molecule has 2 heterocycles. The van der Waals surface area contributed by atoms with Gasteiger partial charge < -0.3 is 4.74 Å². The van der Waals surface area contributed by atoms with Gasteiger partial charge in [-0.2, -0.15) is 0 Å². The minimum absolute atomic E-state index is 0.547. The molecule has 0 amide bonds. The van der Waals surface area contributed by atoms with Crippen LogP contribution in [0.3, 0.4) is 0 Å². The van der Waals surface area contributed by atoms with Crippen molar-refractivity contribution in [2.75, 3.05) is 26.2 Å². The smallest absolute Gasteiger partial charge is 0.123 e. The standard InChI is InChI=1S/C14H18N4OS/c15-17-16-10-11-3-6-18(7-4-11)20-13-2-1-12-5-8-19-14(12)9-13/h1-2,9,11H,3-8,10H2. The van der Waals surface area contributed by atoms with E-state index in [-0.39, 0.29) is 0 Å². The third-order valence-corrected chi connectivity index (χ3v) is 4.97. The van der Waals surface area contributed by atoms with Crippen molar-refractivity contribution in [1.82, 2.24) is 4.31 Å². The zero-order valence-corrected chi connectivity index (χ0v) is 12.2. The molecule has 0 saturated carbocycles. The maximum absolute atomic E-state index is 8.35. The highest BCUT2D eigenvalue weighted by atomic mass is 32.2. The van der Waals surface area contributed by atoms with Crippen LogP contribution < -0.4 is 4.74 Å². The topological polar surface area (TPSA) is 61.2 Å². The quantitative estimate of drug-likeness (QED) is 0.368. The number of azide groups is 1. The largest absolute Gasteiger partial charge is 0.493 e. The Morgan fingerprint density at radius 2 is 2.25 bits per heavy atom. The lowest BCUT2D eigenvalue weighted by Gasteiger charge is -2.30. The van der Waals surface area contributed by atoms with E-state index in [2.05, 4.69) is 32.5 Å². The van der Waals surface area contributed by atoms with Gasteiger partial charge in [-0.3, -0.25) is 0 Å². The van der Waals surface area contributed by atoms with Crippen molar-refractivity contribution in [1.29, 1.82) is 0 Å².